The minimum absolute atomic E-state index is 0.239. The van der Waals surface area contributed by atoms with E-state index in [4.69, 9.17) is 0 Å². The van der Waals surface area contributed by atoms with Gasteiger partial charge in [0, 0.05) is 5.92 Å². The summed E-state index contributed by atoms with van der Waals surface area (Å²) in [6.45, 7) is -0.393. The second kappa shape index (κ2) is 3.56. The van der Waals surface area contributed by atoms with E-state index < -0.39 is 6.67 Å². The molecule has 0 nitrogen and oxygen atoms in total. The fourth-order valence-electron chi connectivity index (χ4n) is 1.57. The van der Waals surface area contributed by atoms with E-state index in [0.717, 1.165) is 0 Å². The summed E-state index contributed by atoms with van der Waals surface area (Å²) in [6, 6.07) is 8.91. The Labute approximate surface area is 77.4 Å². The normalized spacial score (nSPS) is 19.6. The summed E-state index contributed by atoms with van der Waals surface area (Å²) in [6.07, 6.45) is 7.58. The molecule has 0 N–H and O–H groups in total. The van der Waals surface area contributed by atoms with Crippen LogP contribution >= 0.6 is 0 Å². The third-order valence-corrected chi connectivity index (χ3v) is 2.21. The van der Waals surface area contributed by atoms with Gasteiger partial charge >= 0.3 is 0 Å². The molecule has 0 amide bonds. The van der Waals surface area contributed by atoms with Crippen molar-refractivity contribution in [2.24, 2.45) is 0 Å². The van der Waals surface area contributed by atoms with Gasteiger partial charge in [0.15, 0.2) is 0 Å². The molecule has 1 aromatic rings. The molecule has 0 fully saturated rings. The molecule has 0 saturated carbocycles. The zero-order chi connectivity index (χ0) is 9.10. The van der Waals surface area contributed by atoms with Crippen LogP contribution in [0.25, 0.3) is 6.08 Å². The maximum atomic E-state index is 11.9. The van der Waals surface area contributed by atoms with Crippen LogP contribution in [0.5, 0.6) is 0 Å². The second-order valence-electron chi connectivity index (χ2n) is 3.02. The van der Waals surface area contributed by atoms with Gasteiger partial charge in [-0.15, -0.1) is 0 Å². The molecular formula is C12H10F. The van der Waals surface area contributed by atoms with Gasteiger partial charge in [-0.1, -0.05) is 36.4 Å². The Morgan fingerprint density at radius 3 is 3.31 bits per heavy atom. The summed E-state index contributed by atoms with van der Waals surface area (Å²) >= 11 is 0. The fourth-order valence-corrected chi connectivity index (χ4v) is 1.57. The summed E-state index contributed by atoms with van der Waals surface area (Å²) in [5.41, 5.74) is 2.43. The van der Waals surface area contributed by atoms with Crippen LogP contribution in [0.3, 0.4) is 0 Å². The molecule has 2 rings (SSSR count). The molecule has 1 heteroatoms. The molecule has 1 radical (unpaired) electrons. The van der Waals surface area contributed by atoms with E-state index in [-0.39, 0.29) is 5.92 Å². The van der Waals surface area contributed by atoms with Crippen LogP contribution in [0.1, 0.15) is 17.0 Å². The largest absolute Gasteiger partial charge is 0.247 e. The number of hydrogen-bond acceptors (Lipinski definition) is 0. The molecule has 0 spiro atoms. The van der Waals surface area contributed by atoms with Gasteiger partial charge in [0.2, 0.25) is 0 Å². The number of hydrogen-bond donors (Lipinski definition) is 0. The topological polar surface area (TPSA) is 0 Å². The lowest BCUT2D eigenvalue weighted by molar-refractivity contribution is 0.560. The van der Waals surface area contributed by atoms with Crippen LogP contribution in [0, 0.1) is 6.07 Å². The van der Waals surface area contributed by atoms with Crippen molar-refractivity contribution >= 4 is 6.08 Å². The minimum atomic E-state index is -0.393. The summed E-state index contributed by atoms with van der Waals surface area (Å²) < 4.78 is 11.9. The van der Waals surface area contributed by atoms with E-state index in [1.54, 1.807) is 6.08 Å². The minimum Gasteiger partial charge on any atom is -0.247 e. The fraction of sp³-hybridized carbons (Fsp3) is 0.167. The molecule has 0 aliphatic heterocycles. The quantitative estimate of drug-likeness (QED) is 0.603. The van der Waals surface area contributed by atoms with Crippen molar-refractivity contribution in [3.63, 3.8) is 0 Å². The number of alkyl halides is 1. The van der Waals surface area contributed by atoms with Crippen molar-refractivity contribution in [1.29, 1.82) is 0 Å². The van der Waals surface area contributed by atoms with Gasteiger partial charge in [-0.05, 0) is 23.3 Å². The van der Waals surface area contributed by atoms with E-state index >= 15 is 0 Å². The van der Waals surface area contributed by atoms with E-state index in [9.17, 15) is 4.39 Å². The number of rotatable bonds is 2. The van der Waals surface area contributed by atoms with Crippen molar-refractivity contribution < 1.29 is 4.39 Å². The molecule has 1 aliphatic carbocycles. The number of halogens is 1. The molecule has 1 atom stereocenters. The summed E-state index contributed by atoms with van der Waals surface area (Å²) in [5, 5.41) is 0. The van der Waals surface area contributed by atoms with Crippen molar-refractivity contribution in [3.8, 4) is 0 Å². The molecule has 13 heavy (non-hydrogen) atoms. The van der Waals surface area contributed by atoms with Gasteiger partial charge in [-0.2, -0.15) is 0 Å². The molecule has 1 aromatic carbocycles. The molecule has 0 bridgehead atoms. The van der Waals surface area contributed by atoms with Crippen molar-refractivity contribution in [2.45, 2.75) is 5.92 Å². The van der Waals surface area contributed by atoms with E-state index in [2.05, 4.69) is 18.2 Å². The highest BCUT2D eigenvalue weighted by molar-refractivity contribution is 5.63. The first-order valence-electron chi connectivity index (χ1n) is 4.32. The smallest absolute Gasteiger partial charge is 0.108 e. The second-order valence-corrected chi connectivity index (χ2v) is 3.02. The Morgan fingerprint density at radius 2 is 2.46 bits per heavy atom. The van der Waals surface area contributed by atoms with E-state index in [1.807, 2.05) is 24.3 Å². The van der Waals surface area contributed by atoms with Crippen molar-refractivity contribution in [2.75, 3.05) is 6.67 Å². The van der Waals surface area contributed by atoms with Crippen molar-refractivity contribution in [1.82, 2.24) is 0 Å². The van der Waals surface area contributed by atoms with E-state index in [1.165, 1.54) is 11.1 Å². The number of fused-ring (bicyclic) bond motifs is 1. The third-order valence-electron chi connectivity index (χ3n) is 2.21. The van der Waals surface area contributed by atoms with Gasteiger partial charge in [-0.25, -0.2) is 4.39 Å². The predicted molar refractivity (Wildman–Crippen MR) is 52.2 cm³/mol. The molecule has 1 aliphatic rings. The lowest BCUT2D eigenvalue weighted by Crippen LogP contribution is -1.88. The molecule has 0 heterocycles. The summed E-state index contributed by atoms with van der Waals surface area (Å²) in [7, 11) is 0. The first-order valence-corrected chi connectivity index (χ1v) is 4.32. The van der Waals surface area contributed by atoms with Crippen molar-refractivity contribution in [3.05, 3.63) is 53.6 Å². The summed E-state index contributed by atoms with van der Waals surface area (Å²) in [5.74, 6) is 0.239. The lowest BCUT2D eigenvalue weighted by atomic mass is 10.0. The zero-order valence-corrected chi connectivity index (χ0v) is 7.20. The molecule has 0 saturated heterocycles. The maximum absolute atomic E-state index is 11.9. The van der Waals surface area contributed by atoms with Gasteiger partial charge in [0.1, 0.15) is 6.67 Å². The van der Waals surface area contributed by atoms with Gasteiger partial charge < -0.3 is 0 Å². The van der Waals surface area contributed by atoms with Gasteiger partial charge in [0.25, 0.3) is 0 Å². The lowest BCUT2D eigenvalue weighted by Gasteiger charge is -2.03. The number of benzene rings is 1. The molecule has 0 aromatic heterocycles. The highest BCUT2D eigenvalue weighted by atomic mass is 19.1. The SMILES string of the molecule is FC/C=C/C1C=Cc2cc[c]cc21. The molecular weight excluding hydrogens is 163 g/mol. The Balaban J connectivity index is 2.28. The number of allylic oxidation sites excluding steroid dienone is 3. The highest BCUT2D eigenvalue weighted by Gasteiger charge is 2.12. The highest BCUT2D eigenvalue weighted by Crippen LogP contribution is 2.30. The first kappa shape index (κ1) is 8.24. The Morgan fingerprint density at radius 1 is 1.54 bits per heavy atom. The summed E-state index contributed by atoms with van der Waals surface area (Å²) in [4.78, 5) is 0. The van der Waals surface area contributed by atoms with Crippen LogP contribution in [0.4, 0.5) is 4.39 Å². The Kier molecular flexibility index (Phi) is 2.26. The average molecular weight is 173 g/mol. The van der Waals surface area contributed by atoms with Crippen LogP contribution in [-0.4, -0.2) is 6.67 Å². The van der Waals surface area contributed by atoms with Gasteiger partial charge in [-0.3, -0.25) is 0 Å². The van der Waals surface area contributed by atoms with Crippen LogP contribution in [-0.2, 0) is 0 Å². The average Bonchev–Trinajstić information content (AvgIpc) is 2.58. The standard InChI is InChI=1S/C12H10F/c13-9-3-5-11-8-7-10-4-1-2-6-12(10)11/h1,3-8,11H,9H2/b5-3+. The monoisotopic (exact) mass is 173 g/mol. The molecule has 65 valence electrons. The zero-order valence-electron chi connectivity index (χ0n) is 7.20. The Hall–Kier alpha value is -1.37. The third kappa shape index (κ3) is 1.55. The van der Waals surface area contributed by atoms with Crippen LogP contribution in [0.2, 0.25) is 0 Å². The van der Waals surface area contributed by atoms with Crippen LogP contribution < -0.4 is 0 Å². The predicted octanol–water partition coefficient (Wildman–Crippen LogP) is 3.12. The molecule has 1 unspecified atom stereocenters. The first-order chi connectivity index (χ1) is 6.42. The Bertz CT molecular complexity index is 350. The van der Waals surface area contributed by atoms with Crippen LogP contribution in [0.15, 0.2) is 36.4 Å². The van der Waals surface area contributed by atoms with E-state index in [0.29, 0.717) is 0 Å². The van der Waals surface area contributed by atoms with Gasteiger partial charge in [0.05, 0.1) is 0 Å². The maximum Gasteiger partial charge on any atom is 0.108 e.